The zero-order valence-electron chi connectivity index (χ0n) is 20.1. The fraction of sp³-hybridized carbons (Fsp3) is 0.310. The largest absolute Gasteiger partial charge is 0.352 e. The number of halogens is 1. The van der Waals surface area contributed by atoms with Crippen molar-refractivity contribution in [3.8, 4) is 0 Å². The molecule has 2 atom stereocenters. The number of hydrogen-bond acceptors (Lipinski definition) is 2. The summed E-state index contributed by atoms with van der Waals surface area (Å²) in [7, 11) is 0. The van der Waals surface area contributed by atoms with Crippen molar-refractivity contribution in [3.63, 3.8) is 0 Å². The molecule has 3 aromatic carbocycles. The lowest BCUT2D eigenvalue weighted by Crippen LogP contribution is -2.52. The van der Waals surface area contributed by atoms with Crippen LogP contribution in [0.15, 0.2) is 78.9 Å². The SMILES string of the molecule is CC[C@H](C)NC(=O)[C@@H](Cc1ccccc1)N(Cc1ccc(F)cc1)C(=O)Cc1ccc(C)cc1. The summed E-state index contributed by atoms with van der Waals surface area (Å²) < 4.78 is 13.5. The van der Waals surface area contributed by atoms with E-state index in [-0.39, 0.29) is 36.6 Å². The molecule has 0 heterocycles. The Morgan fingerprint density at radius 1 is 0.882 bits per heavy atom. The summed E-state index contributed by atoms with van der Waals surface area (Å²) in [6.45, 7) is 6.18. The highest BCUT2D eigenvalue weighted by atomic mass is 19.1. The number of hydrogen-bond donors (Lipinski definition) is 1. The molecular formula is C29H33FN2O2. The lowest BCUT2D eigenvalue weighted by Gasteiger charge is -2.32. The Hall–Kier alpha value is -3.47. The van der Waals surface area contributed by atoms with Crippen LogP contribution >= 0.6 is 0 Å². The summed E-state index contributed by atoms with van der Waals surface area (Å²) in [4.78, 5) is 28.7. The van der Waals surface area contributed by atoms with Crippen molar-refractivity contribution in [2.75, 3.05) is 0 Å². The van der Waals surface area contributed by atoms with Gasteiger partial charge in [0.25, 0.3) is 0 Å². The van der Waals surface area contributed by atoms with Crippen LogP contribution in [0.1, 0.15) is 42.5 Å². The normalized spacial score (nSPS) is 12.6. The first kappa shape index (κ1) is 25.2. The molecule has 0 fully saturated rings. The number of amides is 2. The third-order valence-electron chi connectivity index (χ3n) is 6.01. The first-order chi connectivity index (χ1) is 16.4. The summed E-state index contributed by atoms with van der Waals surface area (Å²) in [6.07, 6.45) is 1.37. The fourth-order valence-electron chi connectivity index (χ4n) is 3.76. The highest BCUT2D eigenvalue weighted by Gasteiger charge is 2.31. The van der Waals surface area contributed by atoms with Gasteiger partial charge in [0, 0.05) is 19.0 Å². The van der Waals surface area contributed by atoms with Crippen molar-refractivity contribution >= 4 is 11.8 Å². The molecule has 3 rings (SSSR count). The smallest absolute Gasteiger partial charge is 0.243 e. The molecular weight excluding hydrogens is 427 g/mol. The Labute approximate surface area is 201 Å². The molecule has 0 radical (unpaired) electrons. The molecule has 0 spiro atoms. The van der Waals surface area contributed by atoms with Crippen molar-refractivity contribution in [1.29, 1.82) is 0 Å². The third-order valence-corrected chi connectivity index (χ3v) is 6.01. The minimum absolute atomic E-state index is 0.00866. The molecule has 0 aliphatic carbocycles. The molecule has 0 saturated heterocycles. The second-order valence-corrected chi connectivity index (χ2v) is 8.83. The van der Waals surface area contributed by atoms with Gasteiger partial charge in [-0.2, -0.15) is 0 Å². The minimum Gasteiger partial charge on any atom is -0.352 e. The molecule has 34 heavy (non-hydrogen) atoms. The maximum Gasteiger partial charge on any atom is 0.243 e. The Bertz CT molecular complexity index is 1070. The van der Waals surface area contributed by atoms with E-state index in [0.29, 0.717) is 6.42 Å². The standard InChI is InChI=1S/C29H33FN2O2/c1-4-22(3)31-29(34)27(18-23-8-6-5-7-9-23)32(20-25-14-16-26(30)17-15-25)28(33)19-24-12-10-21(2)11-13-24/h5-17,22,27H,4,18-20H2,1-3H3,(H,31,34)/t22-,27+/m0/s1. The van der Waals surface area contributed by atoms with Crippen LogP contribution in [0.4, 0.5) is 4.39 Å². The average molecular weight is 461 g/mol. The number of benzene rings is 3. The van der Waals surface area contributed by atoms with E-state index in [1.54, 1.807) is 17.0 Å². The maximum atomic E-state index is 13.6. The van der Waals surface area contributed by atoms with Gasteiger partial charge in [0.05, 0.1) is 6.42 Å². The Kier molecular flexibility index (Phi) is 8.97. The summed E-state index contributed by atoms with van der Waals surface area (Å²) >= 11 is 0. The van der Waals surface area contributed by atoms with Gasteiger partial charge in [-0.25, -0.2) is 4.39 Å². The quantitative estimate of drug-likeness (QED) is 0.450. The van der Waals surface area contributed by atoms with Crippen LogP contribution in [0.25, 0.3) is 0 Å². The van der Waals surface area contributed by atoms with Crippen molar-refractivity contribution < 1.29 is 14.0 Å². The zero-order chi connectivity index (χ0) is 24.5. The molecule has 1 N–H and O–H groups in total. The van der Waals surface area contributed by atoms with Crippen LogP contribution in [-0.2, 0) is 29.0 Å². The molecule has 3 aromatic rings. The van der Waals surface area contributed by atoms with E-state index >= 15 is 0 Å². The molecule has 0 aromatic heterocycles. The van der Waals surface area contributed by atoms with Gasteiger partial charge in [-0.15, -0.1) is 0 Å². The summed E-state index contributed by atoms with van der Waals surface area (Å²) in [5.74, 6) is -0.664. The van der Waals surface area contributed by atoms with Crippen molar-refractivity contribution in [3.05, 3.63) is 107 Å². The molecule has 4 nitrogen and oxygen atoms in total. The summed E-state index contributed by atoms with van der Waals surface area (Å²) in [5, 5.41) is 3.06. The Morgan fingerprint density at radius 3 is 2.12 bits per heavy atom. The van der Waals surface area contributed by atoms with Gasteiger partial charge in [0.15, 0.2) is 0 Å². The minimum atomic E-state index is -0.695. The first-order valence-electron chi connectivity index (χ1n) is 11.8. The van der Waals surface area contributed by atoms with Gasteiger partial charge in [-0.3, -0.25) is 9.59 Å². The number of carbonyl (C=O) groups is 2. The van der Waals surface area contributed by atoms with E-state index in [1.165, 1.54) is 12.1 Å². The highest BCUT2D eigenvalue weighted by molar-refractivity contribution is 5.89. The van der Waals surface area contributed by atoms with Crippen molar-refractivity contribution in [2.24, 2.45) is 0 Å². The molecule has 178 valence electrons. The number of carbonyl (C=O) groups excluding carboxylic acids is 2. The number of aryl methyl sites for hydroxylation is 1. The van der Waals surface area contributed by atoms with Gasteiger partial charge < -0.3 is 10.2 Å². The van der Waals surface area contributed by atoms with Crippen LogP contribution in [0.5, 0.6) is 0 Å². The Balaban J connectivity index is 1.95. The van der Waals surface area contributed by atoms with Crippen LogP contribution < -0.4 is 5.32 Å². The van der Waals surface area contributed by atoms with E-state index in [4.69, 9.17) is 0 Å². The highest BCUT2D eigenvalue weighted by Crippen LogP contribution is 2.17. The monoisotopic (exact) mass is 460 g/mol. The van der Waals surface area contributed by atoms with E-state index in [9.17, 15) is 14.0 Å². The number of rotatable bonds is 10. The maximum absolute atomic E-state index is 13.6. The zero-order valence-corrected chi connectivity index (χ0v) is 20.1. The molecule has 2 amide bonds. The second-order valence-electron chi connectivity index (χ2n) is 8.83. The van der Waals surface area contributed by atoms with Gasteiger partial charge >= 0.3 is 0 Å². The van der Waals surface area contributed by atoms with Gasteiger partial charge in [0.2, 0.25) is 11.8 Å². The molecule has 5 heteroatoms. The molecule has 0 bridgehead atoms. The van der Waals surface area contributed by atoms with Crippen molar-refractivity contribution in [1.82, 2.24) is 10.2 Å². The summed E-state index contributed by atoms with van der Waals surface area (Å²) in [5.41, 5.74) is 3.75. The summed E-state index contributed by atoms with van der Waals surface area (Å²) in [6, 6.07) is 22.9. The van der Waals surface area contributed by atoms with Crippen LogP contribution in [0, 0.1) is 12.7 Å². The topological polar surface area (TPSA) is 49.4 Å². The van der Waals surface area contributed by atoms with Crippen LogP contribution in [0.2, 0.25) is 0 Å². The fourth-order valence-corrected chi connectivity index (χ4v) is 3.76. The van der Waals surface area contributed by atoms with Gasteiger partial charge in [-0.1, -0.05) is 79.2 Å². The van der Waals surface area contributed by atoms with E-state index in [2.05, 4.69) is 5.32 Å². The molecule has 0 aliphatic heterocycles. The van der Waals surface area contributed by atoms with E-state index in [1.807, 2.05) is 75.4 Å². The van der Waals surface area contributed by atoms with Crippen molar-refractivity contribution in [2.45, 2.75) is 58.7 Å². The predicted octanol–water partition coefficient (Wildman–Crippen LogP) is 5.23. The lowest BCUT2D eigenvalue weighted by molar-refractivity contribution is -0.141. The average Bonchev–Trinajstić information content (AvgIpc) is 2.84. The predicted molar refractivity (Wildman–Crippen MR) is 134 cm³/mol. The van der Waals surface area contributed by atoms with Gasteiger partial charge in [-0.05, 0) is 49.1 Å². The van der Waals surface area contributed by atoms with E-state index < -0.39 is 6.04 Å². The molecule has 0 aliphatic rings. The van der Waals surface area contributed by atoms with Crippen LogP contribution in [0.3, 0.4) is 0 Å². The lowest BCUT2D eigenvalue weighted by atomic mass is 10.0. The Morgan fingerprint density at radius 2 is 1.50 bits per heavy atom. The third kappa shape index (κ3) is 7.27. The molecule has 0 saturated carbocycles. The number of nitrogens with zero attached hydrogens (tertiary/aromatic N) is 1. The molecule has 0 unspecified atom stereocenters. The number of nitrogens with one attached hydrogen (secondary N) is 1. The second kappa shape index (κ2) is 12.1. The van der Waals surface area contributed by atoms with Gasteiger partial charge in [0.1, 0.15) is 11.9 Å². The van der Waals surface area contributed by atoms with Crippen LogP contribution in [-0.4, -0.2) is 28.8 Å². The first-order valence-corrected chi connectivity index (χ1v) is 11.8. The van der Waals surface area contributed by atoms with E-state index in [0.717, 1.165) is 28.7 Å².